The van der Waals surface area contributed by atoms with Crippen molar-refractivity contribution in [3.05, 3.63) is 70.8 Å². The van der Waals surface area contributed by atoms with Crippen LogP contribution in [-0.2, 0) is 11.3 Å². The number of carbonyl (C=O) groups excluding carboxylic acids is 1. The fourth-order valence-corrected chi connectivity index (χ4v) is 2.82. The Bertz CT molecular complexity index is 674. The van der Waals surface area contributed by atoms with Gasteiger partial charge in [-0.15, -0.1) is 0 Å². The SMILES string of the molecule is O=C(c1ccc(C=S)cc1)c1ccc(CN2CCOCC2)cc1. The van der Waals surface area contributed by atoms with Crippen LogP contribution in [0.3, 0.4) is 0 Å². The summed E-state index contributed by atoms with van der Waals surface area (Å²) in [5, 5.41) is 1.61. The van der Waals surface area contributed by atoms with Crippen LogP contribution in [0.2, 0.25) is 0 Å². The van der Waals surface area contributed by atoms with Crippen molar-refractivity contribution < 1.29 is 9.53 Å². The van der Waals surface area contributed by atoms with Gasteiger partial charge in [0.2, 0.25) is 0 Å². The first-order chi connectivity index (χ1) is 11.3. The maximum Gasteiger partial charge on any atom is 0.193 e. The molecular formula is C19H19NO2S. The average Bonchev–Trinajstić information content (AvgIpc) is 2.63. The number of ether oxygens (including phenoxy) is 1. The van der Waals surface area contributed by atoms with Gasteiger partial charge < -0.3 is 4.74 Å². The molecule has 0 aliphatic carbocycles. The molecule has 0 unspecified atom stereocenters. The van der Waals surface area contributed by atoms with Gasteiger partial charge in [0.1, 0.15) is 0 Å². The fraction of sp³-hybridized carbons (Fsp3) is 0.263. The van der Waals surface area contributed by atoms with E-state index in [1.54, 1.807) is 5.37 Å². The molecule has 1 fully saturated rings. The smallest absolute Gasteiger partial charge is 0.193 e. The minimum absolute atomic E-state index is 0.0406. The molecular weight excluding hydrogens is 306 g/mol. The zero-order valence-electron chi connectivity index (χ0n) is 12.9. The molecule has 0 spiro atoms. The molecule has 0 amide bonds. The molecule has 0 radical (unpaired) electrons. The number of hydrogen-bond acceptors (Lipinski definition) is 4. The Kier molecular flexibility index (Phi) is 5.28. The number of hydrogen-bond donors (Lipinski definition) is 0. The lowest BCUT2D eigenvalue weighted by Crippen LogP contribution is -2.35. The second-order valence-corrected chi connectivity index (χ2v) is 5.89. The molecule has 1 aliphatic rings. The van der Waals surface area contributed by atoms with Crippen LogP contribution < -0.4 is 0 Å². The zero-order chi connectivity index (χ0) is 16.1. The predicted octanol–water partition coefficient (Wildman–Crippen LogP) is 3.10. The highest BCUT2D eigenvalue weighted by Gasteiger charge is 2.12. The molecule has 0 bridgehead atoms. The molecule has 0 saturated carbocycles. The molecule has 4 heteroatoms. The van der Waals surface area contributed by atoms with Crippen LogP contribution in [0.15, 0.2) is 48.5 Å². The van der Waals surface area contributed by atoms with Crippen molar-refractivity contribution >= 4 is 23.4 Å². The van der Waals surface area contributed by atoms with E-state index in [0.717, 1.165) is 38.4 Å². The molecule has 0 N–H and O–H groups in total. The maximum absolute atomic E-state index is 12.5. The Morgan fingerprint density at radius 2 is 1.57 bits per heavy atom. The van der Waals surface area contributed by atoms with Crippen LogP contribution in [0.25, 0.3) is 0 Å². The van der Waals surface area contributed by atoms with Crippen molar-refractivity contribution in [1.29, 1.82) is 0 Å². The fourth-order valence-electron chi connectivity index (χ4n) is 2.66. The Hall–Kier alpha value is -1.88. The molecule has 2 aromatic carbocycles. The van der Waals surface area contributed by atoms with Gasteiger partial charge in [0.15, 0.2) is 5.78 Å². The minimum Gasteiger partial charge on any atom is -0.379 e. The van der Waals surface area contributed by atoms with E-state index in [1.807, 2.05) is 48.5 Å². The Morgan fingerprint density at radius 3 is 2.13 bits per heavy atom. The Morgan fingerprint density at radius 1 is 1.00 bits per heavy atom. The lowest BCUT2D eigenvalue weighted by molar-refractivity contribution is 0.0342. The number of nitrogens with zero attached hydrogens (tertiary/aromatic N) is 1. The number of benzene rings is 2. The van der Waals surface area contributed by atoms with E-state index >= 15 is 0 Å². The van der Waals surface area contributed by atoms with Crippen LogP contribution in [0, 0.1) is 0 Å². The number of carbonyl (C=O) groups is 1. The third-order valence-electron chi connectivity index (χ3n) is 4.03. The van der Waals surface area contributed by atoms with Crippen molar-refractivity contribution in [2.75, 3.05) is 26.3 Å². The van der Waals surface area contributed by atoms with Gasteiger partial charge in [-0.1, -0.05) is 60.7 Å². The van der Waals surface area contributed by atoms with Gasteiger partial charge in [0.05, 0.1) is 13.2 Å². The second-order valence-electron chi connectivity index (χ2n) is 5.65. The Labute approximate surface area is 141 Å². The number of ketones is 1. The van der Waals surface area contributed by atoms with Crippen molar-refractivity contribution in [2.24, 2.45) is 0 Å². The summed E-state index contributed by atoms with van der Waals surface area (Å²) in [6.45, 7) is 4.43. The lowest BCUT2D eigenvalue weighted by atomic mass is 10.0. The topological polar surface area (TPSA) is 29.5 Å². The highest BCUT2D eigenvalue weighted by Crippen LogP contribution is 2.14. The van der Waals surface area contributed by atoms with E-state index in [1.165, 1.54) is 5.56 Å². The van der Waals surface area contributed by atoms with E-state index in [0.29, 0.717) is 11.1 Å². The standard InChI is InChI=1S/C19H19NO2S/c21-19(18-7-3-16(14-23)4-8-18)17-5-1-15(2-6-17)13-20-9-11-22-12-10-20/h1-8,14H,9-13H2. The molecule has 0 atom stereocenters. The molecule has 2 aromatic rings. The van der Waals surface area contributed by atoms with Crippen LogP contribution in [0.1, 0.15) is 27.0 Å². The minimum atomic E-state index is 0.0406. The van der Waals surface area contributed by atoms with Gasteiger partial charge in [-0.25, -0.2) is 0 Å². The highest BCUT2D eigenvalue weighted by atomic mass is 32.1. The number of morpholine rings is 1. The first-order valence-corrected chi connectivity index (χ1v) is 8.22. The molecule has 118 valence electrons. The molecule has 1 heterocycles. The molecule has 0 aromatic heterocycles. The highest BCUT2D eigenvalue weighted by molar-refractivity contribution is 7.79. The first-order valence-electron chi connectivity index (χ1n) is 7.75. The first kappa shape index (κ1) is 16.0. The summed E-state index contributed by atoms with van der Waals surface area (Å²) < 4.78 is 5.36. The second kappa shape index (κ2) is 7.59. The van der Waals surface area contributed by atoms with Gasteiger partial charge in [0.25, 0.3) is 0 Å². The van der Waals surface area contributed by atoms with E-state index in [-0.39, 0.29) is 5.78 Å². The van der Waals surface area contributed by atoms with E-state index in [2.05, 4.69) is 4.90 Å². The summed E-state index contributed by atoms with van der Waals surface area (Å²) in [5.41, 5.74) is 3.56. The molecule has 23 heavy (non-hydrogen) atoms. The van der Waals surface area contributed by atoms with Crippen molar-refractivity contribution in [3.8, 4) is 0 Å². The monoisotopic (exact) mass is 325 g/mol. The molecule has 1 aliphatic heterocycles. The third-order valence-corrected chi connectivity index (χ3v) is 4.31. The van der Waals surface area contributed by atoms with Crippen LogP contribution in [0.5, 0.6) is 0 Å². The van der Waals surface area contributed by atoms with Gasteiger partial charge in [-0.2, -0.15) is 0 Å². The lowest BCUT2D eigenvalue weighted by Gasteiger charge is -2.26. The maximum atomic E-state index is 12.5. The van der Waals surface area contributed by atoms with Crippen molar-refractivity contribution in [3.63, 3.8) is 0 Å². The third kappa shape index (κ3) is 4.10. The quantitative estimate of drug-likeness (QED) is 0.624. The number of rotatable bonds is 5. The van der Waals surface area contributed by atoms with Gasteiger partial charge in [0, 0.05) is 36.1 Å². The van der Waals surface area contributed by atoms with E-state index in [9.17, 15) is 4.79 Å². The van der Waals surface area contributed by atoms with E-state index in [4.69, 9.17) is 17.0 Å². The summed E-state index contributed by atoms with van der Waals surface area (Å²) in [6, 6.07) is 15.3. The van der Waals surface area contributed by atoms with Gasteiger partial charge >= 0.3 is 0 Å². The summed E-state index contributed by atoms with van der Waals surface area (Å²) in [7, 11) is 0. The predicted molar refractivity (Wildman–Crippen MR) is 95.2 cm³/mol. The molecule has 3 nitrogen and oxygen atoms in total. The summed E-state index contributed by atoms with van der Waals surface area (Å²) in [5.74, 6) is 0.0406. The molecule has 1 saturated heterocycles. The van der Waals surface area contributed by atoms with Crippen molar-refractivity contribution in [1.82, 2.24) is 4.90 Å². The molecule has 3 rings (SSSR count). The zero-order valence-corrected chi connectivity index (χ0v) is 13.7. The summed E-state index contributed by atoms with van der Waals surface area (Å²) >= 11 is 4.88. The van der Waals surface area contributed by atoms with Crippen LogP contribution >= 0.6 is 12.2 Å². The van der Waals surface area contributed by atoms with Crippen molar-refractivity contribution in [2.45, 2.75) is 6.54 Å². The largest absolute Gasteiger partial charge is 0.379 e. The van der Waals surface area contributed by atoms with Crippen LogP contribution in [-0.4, -0.2) is 42.4 Å². The number of thiocarbonyl (C=S) groups is 1. The van der Waals surface area contributed by atoms with Gasteiger partial charge in [-0.05, 0) is 11.1 Å². The Balaban J connectivity index is 1.67. The summed E-state index contributed by atoms with van der Waals surface area (Å²) in [6.07, 6.45) is 0. The van der Waals surface area contributed by atoms with Crippen LogP contribution in [0.4, 0.5) is 0 Å². The van der Waals surface area contributed by atoms with Gasteiger partial charge in [-0.3, -0.25) is 9.69 Å². The average molecular weight is 325 g/mol. The summed E-state index contributed by atoms with van der Waals surface area (Å²) in [4.78, 5) is 14.8. The normalized spacial score (nSPS) is 15.3. The van der Waals surface area contributed by atoms with E-state index < -0.39 is 0 Å².